The summed E-state index contributed by atoms with van der Waals surface area (Å²) in [5.41, 5.74) is 11.4. The fourth-order valence-corrected chi connectivity index (χ4v) is 11.7. The lowest BCUT2D eigenvalue weighted by atomic mass is 9.82. The summed E-state index contributed by atoms with van der Waals surface area (Å²) in [6, 6.07) is 76.0. The molecular formula is C64H42. The Bertz CT molecular complexity index is 4150. The van der Waals surface area contributed by atoms with Crippen LogP contribution in [0.1, 0.15) is 26.3 Å². The second-order valence-electron chi connectivity index (χ2n) is 19.1. The van der Waals surface area contributed by atoms with Crippen molar-refractivity contribution >= 4 is 97.0 Å². The predicted octanol–water partition coefficient (Wildman–Crippen LogP) is 18.3. The summed E-state index contributed by atoms with van der Waals surface area (Å²) >= 11 is 0. The second kappa shape index (κ2) is 12.9. The fraction of sp³-hybridized carbons (Fsp3) is 0.0625. The minimum absolute atomic E-state index is 0.00762. The van der Waals surface area contributed by atoms with Crippen LogP contribution in [0.15, 0.2) is 200 Å². The molecule has 0 aromatic heterocycles. The van der Waals surface area contributed by atoms with Crippen LogP contribution >= 0.6 is 0 Å². The number of hydrogen-bond donors (Lipinski definition) is 0. The van der Waals surface area contributed by atoms with Crippen molar-refractivity contribution in [1.29, 1.82) is 0 Å². The van der Waals surface area contributed by atoms with E-state index < -0.39 is 0 Å². The monoisotopic (exact) mass is 810 g/mol. The molecule has 0 saturated carbocycles. The van der Waals surface area contributed by atoms with Gasteiger partial charge >= 0.3 is 0 Å². The average molecular weight is 811 g/mol. The van der Waals surface area contributed by atoms with E-state index in [0.717, 1.165) is 0 Å². The van der Waals surface area contributed by atoms with Gasteiger partial charge in [0, 0.05) is 0 Å². The lowest BCUT2D eigenvalue weighted by molar-refractivity contribution is 0.591. The Kier molecular flexibility index (Phi) is 7.20. The van der Waals surface area contributed by atoms with Crippen LogP contribution < -0.4 is 0 Å². The van der Waals surface area contributed by atoms with Gasteiger partial charge in [0.15, 0.2) is 0 Å². The molecule has 0 radical (unpaired) electrons. The fourth-order valence-electron chi connectivity index (χ4n) is 11.7. The summed E-state index contributed by atoms with van der Waals surface area (Å²) in [5, 5.41) is 23.9. The summed E-state index contributed by atoms with van der Waals surface area (Å²) in [6.07, 6.45) is 0. The third-order valence-corrected chi connectivity index (χ3v) is 14.6. The van der Waals surface area contributed by atoms with Crippen LogP contribution in [0.3, 0.4) is 0 Å². The van der Waals surface area contributed by atoms with E-state index in [4.69, 9.17) is 0 Å². The molecule has 0 nitrogen and oxygen atoms in total. The van der Waals surface area contributed by atoms with Crippen LogP contribution in [0.2, 0.25) is 0 Å². The molecule has 0 fully saturated rings. The topological polar surface area (TPSA) is 0 Å². The van der Waals surface area contributed by atoms with Crippen molar-refractivity contribution in [2.45, 2.75) is 26.2 Å². The van der Waals surface area contributed by atoms with E-state index in [1.165, 1.54) is 147 Å². The van der Waals surface area contributed by atoms with Crippen molar-refractivity contribution in [1.82, 2.24) is 0 Å². The van der Waals surface area contributed by atoms with Gasteiger partial charge < -0.3 is 0 Å². The Morgan fingerprint density at radius 2 is 0.734 bits per heavy atom. The highest BCUT2D eigenvalue weighted by Gasteiger charge is 2.28. The van der Waals surface area contributed by atoms with Crippen molar-refractivity contribution in [3.8, 4) is 44.5 Å². The first kappa shape index (κ1) is 35.8. The number of rotatable bonds is 4. The molecule has 14 aromatic carbocycles. The van der Waals surface area contributed by atoms with E-state index >= 15 is 0 Å². The Morgan fingerprint density at radius 3 is 1.41 bits per heavy atom. The van der Waals surface area contributed by atoms with Gasteiger partial charge in [-0.25, -0.2) is 0 Å². The van der Waals surface area contributed by atoms with Crippen LogP contribution in [0.25, 0.3) is 141 Å². The van der Waals surface area contributed by atoms with Crippen LogP contribution in [-0.4, -0.2) is 0 Å². The minimum Gasteiger partial charge on any atom is -0.0622 e. The molecule has 0 N–H and O–H groups in total. The van der Waals surface area contributed by atoms with Gasteiger partial charge in [0.25, 0.3) is 0 Å². The van der Waals surface area contributed by atoms with Gasteiger partial charge in [-0.2, -0.15) is 0 Å². The first-order chi connectivity index (χ1) is 31.4. The van der Waals surface area contributed by atoms with Crippen LogP contribution in [0.5, 0.6) is 0 Å². The van der Waals surface area contributed by atoms with E-state index in [-0.39, 0.29) is 5.41 Å². The van der Waals surface area contributed by atoms with Gasteiger partial charge in [-0.3, -0.25) is 0 Å². The van der Waals surface area contributed by atoms with Gasteiger partial charge in [0.1, 0.15) is 0 Å². The molecule has 0 aliphatic carbocycles. The highest BCUT2D eigenvalue weighted by molar-refractivity contribution is 6.47. The highest BCUT2D eigenvalue weighted by Crippen LogP contribution is 2.56. The zero-order valence-electron chi connectivity index (χ0n) is 36.1. The number of fused-ring (bicyclic) bond motifs is 8. The zero-order chi connectivity index (χ0) is 42.4. The maximum atomic E-state index is 2.56. The normalized spacial score (nSPS) is 12.6. The van der Waals surface area contributed by atoms with Gasteiger partial charge in [0.2, 0.25) is 0 Å². The molecule has 0 heteroatoms. The lowest BCUT2D eigenvalue weighted by Gasteiger charge is -2.21. The van der Waals surface area contributed by atoms with Crippen molar-refractivity contribution < 1.29 is 0 Å². The first-order valence-electron chi connectivity index (χ1n) is 22.7. The van der Waals surface area contributed by atoms with E-state index in [9.17, 15) is 0 Å². The van der Waals surface area contributed by atoms with E-state index in [0.29, 0.717) is 0 Å². The summed E-state index contributed by atoms with van der Waals surface area (Å²) in [7, 11) is 0. The molecular weight excluding hydrogens is 769 g/mol. The van der Waals surface area contributed by atoms with Gasteiger partial charge in [0.05, 0.1) is 0 Å². The summed E-state index contributed by atoms with van der Waals surface area (Å²) in [5.74, 6) is 0. The molecule has 298 valence electrons. The molecule has 14 aromatic rings. The molecule has 0 heterocycles. The quantitative estimate of drug-likeness (QED) is 0.155. The van der Waals surface area contributed by atoms with E-state index in [2.05, 4.69) is 221 Å². The third-order valence-electron chi connectivity index (χ3n) is 14.6. The number of hydrogen-bond acceptors (Lipinski definition) is 0. The Morgan fingerprint density at radius 1 is 0.234 bits per heavy atom. The summed E-state index contributed by atoms with van der Waals surface area (Å²) in [4.78, 5) is 0. The third kappa shape index (κ3) is 4.89. The maximum Gasteiger partial charge on any atom is -0.000718 e. The van der Waals surface area contributed by atoms with E-state index in [1.54, 1.807) is 0 Å². The maximum absolute atomic E-state index is 2.56. The second-order valence-corrected chi connectivity index (χ2v) is 19.1. The van der Waals surface area contributed by atoms with Crippen LogP contribution in [-0.2, 0) is 5.41 Å². The lowest BCUT2D eigenvalue weighted by Crippen LogP contribution is -2.10. The largest absolute Gasteiger partial charge is 0.0622 e. The molecule has 0 amide bonds. The van der Waals surface area contributed by atoms with E-state index in [1.807, 2.05) is 0 Å². The SMILES string of the molecule is CC(C)(C)c1cc2ccc3ccc4c5c(-c6ccc(-c7ccccc7)cc6)c6c(cc7c8ccccc8c8cccc6c87)c(-c6ccc(-c7ccccc7)cc6)c5c5cc(c1)c2c3c54. The van der Waals surface area contributed by atoms with Gasteiger partial charge in [-0.1, -0.05) is 209 Å². The Balaban J connectivity index is 1.23. The highest BCUT2D eigenvalue weighted by atomic mass is 14.3. The predicted molar refractivity (Wildman–Crippen MR) is 278 cm³/mol. The molecule has 0 unspecified atom stereocenters. The molecule has 0 aliphatic heterocycles. The van der Waals surface area contributed by atoms with Gasteiger partial charge in [-0.15, -0.1) is 0 Å². The average Bonchev–Trinajstić information content (AvgIpc) is 3.84. The van der Waals surface area contributed by atoms with Crippen LogP contribution in [0, 0.1) is 0 Å². The molecule has 64 heavy (non-hydrogen) atoms. The molecule has 14 rings (SSSR count). The molecule has 0 aliphatic rings. The first-order valence-corrected chi connectivity index (χ1v) is 22.7. The number of benzene rings is 12. The van der Waals surface area contributed by atoms with Crippen LogP contribution in [0.4, 0.5) is 0 Å². The molecule has 0 spiro atoms. The van der Waals surface area contributed by atoms with Crippen molar-refractivity contribution in [3.63, 3.8) is 0 Å². The van der Waals surface area contributed by atoms with Crippen molar-refractivity contribution in [2.75, 3.05) is 0 Å². The summed E-state index contributed by atoms with van der Waals surface area (Å²) in [6.45, 7) is 7.01. The Hall–Kier alpha value is -7.80. The smallest absolute Gasteiger partial charge is 0.000718 e. The molecule has 0 bridgehead atoms. The molecule has 0 atom stereocenters. The van der Waals surface area contributed by atoms with Gasteiger partial charge in [-0.05, 0) is 165 Å². The minimum atomic E-state index is 0.00762. The zero-order valence-corrected chi connectivity index (χ0v) is 36.1. The summed E-state index contributed by atoms with van der Waals surface area (Å²) < 4.78 is 0. The van der Waals surface area contributed by atoms with Crippen molar-refractivity contribution in [3.05, 3.63) is 206 Å². The standard InChI is InChI=1S/C64H42/c1-64(2,3)46-33-44-30-29-43-31-32-51-61-53(35-45(34-46)55(44)57(43)61)63-56(41-25-21-39(22-26-41)37-13-6-4-7-14-37)54-36-52-48-18-11-10-17-47(48)49-19-12-20-50(59(49)52)60(54)58(62(51)63)42-27-23-40(24-28-42)38-15-8-5-9-16-38/h4-36H,1-3H3. The molecule has 0 saturated heterocycles. The van der Waals surface area contributed by atoms with Crippen molar-refractivity contribution in [2.24, 2.45) is 0 Å². The Labute approximate surface area is 371 Å².